The maximum absolute atomic E-state index is 14.3. The minimum atomic E-state index is -1.79. The van der Waals surface area contributed by atoms with Gasteiger partial charge in [0.15, 0.2) is 11.4 Å². The molecule has 10 heteroatoms. The van der Waals surface area contributed by atoms with E-state index in [1.807, 2.05) is 30.3 Å². The average Bonchev–Trinajstić information content (AvgIpc) is 2.87. The van der Waals surface area contributed by atoms with Gasteiger partial charge in [-0.1, -0.05) is 36.4 Å². The zero-order valence-corrected chi connectivity index (χ0v) is 20.6. The molecule has 1 atom stereocenters. The molecular formula is C27H30F2N4O4. The first-order valence-electron chi connectivity index (χ1n) is 12.2. The Labute approximate surface area is 213 Å². The number of ether oxygens (including phenoxy) is 1. The average molecular weight is 513 g/mol. The molecule has 1 aliphatic carbocycles. The van der Waals surface area contributed by atoms with Gasteiger partial charge in [-0.05, 0) is 31.5 Å². The van der Waals surface area contributed by atoms with Crippen LogP contribution in [0, 0.1) is 0 Å². The van der Waals surface area contributed by atoms with Gasteiger partial charge in [-0.25, -0.2) is 8.78 Å². The molecule has 1 aliphatic heterocycles. The highest BCUT2D eigenvalue weighted by Gasteiger charge is 2.32. The van der Waals surface area contributed by atoms with E-state index in [1.54, 1.807) is 9.47 Å². The van der Waals surface area contributed by atoms with Crippen molar-refractivity contribution in [2.45, 2.75) is 38.6 Å². The molecular weight excluding hydrogens is 482 g/mol. The van der Waals surface area contributed by atoms with Crippen LogP contribution in [-0.4, -0.2) is 53.1 Å². The molecule has 2 aromatic rings. The van der Waals surface area contributed by atoms with E-state index in [-0.39, 0.29) is 48.1 Å². The highest BCUT2D eigenvalue weighted by Crippen LogP contribution is 2.29. The summed E-state index contributed by atoms with van der Waals surface area (Å²) < 4.78 is 35.7. The van der Waals surface area contributed by atoms with E-state index in [0.29, 0.717) is 32.6 Å². The fourth-order valence-electron chi connectivity index (χ4n) is 4.30. The smallest absolute Gasteiger partial charge is 0.274 e. The lowest BCUT2D eigenvalue weighted by Crippen LogP contribution is -2.44. The molecule has 0 saturated carbocycles. The van der Waals surface area contributed by atoms with E-state index in [1.165, 1.54) is 19.2 Å². The van der Waals surface area contributed by atoms with Gasteiger partial charge in [0.25, 0.3) is 11.8 Å². The number of rotatable bonds is 9. The summed E-state index contributed by atoms with van der Waals surface area (Å²) in [5.74, 6) is -2.09. The third-order valence-electron chi connectivity index (χ3n) is 6.36. The van der Waals surface area contributed by atoms with Gasteiger partial charge in [-0.15, -0.1) is 0 Å². The number of amides is 2. The molecule has 1 unspecified atom stereocenters. The fourth-order valence-corrected chi connectivity index (χ4v) is 4.30. The lowest BCUT2D eigenvalue weighted by atomic mass is 9.95. The summed E-state index contributed by atoms with van der Waals surface area (Å²) >= 11 is 0. The number of pyridine rings is 1. The molecule has 8 nitrogen and oxygen atoms in total. The third kappa shape index (κ3) is 5.96. The predicted molar refractivity (Wildman–Crippen MR) is 135 cm³/mol. The second-order valence-electron chi connectivity index (χ2n) is 9.34. The van der Waals surface area contributed by atoms with Crippen LogP contribution in [0.15, 0.2) is 64.9 Å². The SMILES string of the molecule is CC1(F)C=C(F)C(CNC(=O)c2cn3c(c(OCc4ccccc4)c2=O)C(=O)N(CCCN)CC3)=CC1. The van der Waals surface area contributed by atoms with Crippen LogP contribution in [0.2, 0.25) is 0 Å². The molecule has 196 valence electrons. The van der Waals surface area contributed by atoms with Crippen molar-refractivity contribution in [1.29, 1.82) is 0 Å². The maximum Gasteiger partial charge on any atom is 0.274 e. The molecule has 0 radical (unpaired) electrons. The Morgan fingerprint density at radius 3 is 2.68 bits per heavy atom. The number of fused-ring (bicyclic) bond motifs is 1. The zero-order valence-electron chi connectivity index (χ0n) is 20.6. The fraction of sp³-hybridized carbons (Fsp3) is 0.370. The Bertz CT molecular complexity index is 1300. The lowest BCUT2D eigenvalue weighted by Gasteiger charge is -2.31. The quantitative estimate of drug-likeness (QED) is 0.538. The molecule has 0 spiro atoms. The van der Waals surface area contributed by atoms with E-state index in [9.17, 15) is 23.2 Å². The molecule has 2 amide bonds. The number of carbonyl (C=O) groups excluding carboxylic acids is 2. The molecule has 2 aliphatic rings. The number of nitrogens with two attached hydrogens (primary N) is 1. The first-order chi connectivity index (χ1) is 17.7. The molecule has 2 heterocycles. The van der Waals surface area contributed by atoms with Crippen LogP contribution in [-0.2, 0) is 13.2 Å². The summed E-state index contributed by atoms with van der Waals surface area (Å²) in [4.78, 5) is 41.3. The van der Waals surface area contributed by atoms with Crippen molar-refractivity contribution in [3.63, 3.8) is 0 Å². The number of benzene rings is 1. The minimum Gasteiger partial charge on any atom is -0.483 e. The van der Waals surface area contributed by atoms with E-state index >= 15 is 0 Å². The topological polar surface area (TPSA) is 107 Å². The number of aromatic nitrogens is 1. The van der Waals surface area contributed by atoms with Gasteiger partial charge < -0.3 is 25.3 Å². The second-order valence-corrected chi connectivity index (χ2v) is 9.34. The number of alkyl halides is 1. The summed E-state index contributed by atoms with van der Waals surface area (Å²) in [7, 11) is 0. The Balaban J connectivity index is 1.62. The van der Waals surface area contributed by atoms with Gasteiger partial charge in [-0.3, -0.25) is 14.4 Å². The molecule has 0 bridgehead atoms. The van der Waals surface area contributed by atoms with Gasteiger partial charge >= 0.3 is 0 Å². The van der Waals surface area contributed by atoms with Crippen molar-refractivity contribution >= 4 is 11.8 Å². The van der Waals surface area contributed by atoms with Crippen LogP contribution in [0.5, 0.6) is 5.75 Å². The normalized spacial score (nSPS) is 19.1. The van der Waals surface area contributed by atoms with Crippen LogP contribution in [0.1, 0.15) is 46.2 Å². The van der Waals surface area contributed by atoms with Crippen molar-refractivity contribution in [2.75, 3.05) is 26.2 Å². The highest BCUT2D eigenvalue weighted by atomic mass is 19.1. The third-order valence-corrected chi connectivity index (χ3v) is 6.36. The highest BCUT2D eigenvalue weighted by molar-refractivity contribution is 5.99. The largest absolute Gasteiger partial charge is 0.483 e. The predicted octanol–water partition coefficient (Wildman–Crippen LogP) is 2.87. The summed E-state index contributed by atoms with van der Waals surface area (Å²) in [5, 5.41) is 2.53. The molecule has 0 saturated heterocycles. The monoisotopic (exact) mass is 512 g/mol. The minimum absolute atomic E-state index is 0.0205. The van der Waals surface area contributed by atoms with Crippen LogP contribution in [0.3, 0.4) is 0 Å². The summed E-state index contributed by atoms with van der Waals surface area (Å²) in [6.07, 6.45) is 4.19. The van der Waals surface area contributed by atoms with Crippen LogP contribution < -0.4 is 21.2 Å². The van der Waals surface area contributed by atoms with Gasteiger partial charge in [0.1, 0.15) is 23.7 Å². The number of hydrogen-bond acceptors (Lipinski definition) is 5. The van der Waals surface area contributed by atoms with Crippen molar-refractivity contribution in [2.24, 2.45) is 5.73 Å². The number of nitrogens with zero attached hydrogens (tertiary/aromatic N) is 2. The Kier molecular flexibility index (Phi) is 7.87. The van der Waals surface area contributed by atoms with Gasteiger partial charge in [-0.2, -0.15) is 0 Å². The zero-order chi connectivity index (χ0) is 26.6. The lowest BCUT2D eigenvalue weighted by molar-refractivity contribution is 0.0691. The molecule has 1 aromatic heterocycles. The number of carbonyl (C=O) groups is 2. The van der Waals surface area contributed by atoms with Gasteiger partial charge in [0, 0.05) is 44.4 Å². The molecule has 37 heavy (non-hydrogen) atoms. The van der Waals surface area contributed by atoms with E-state index < -0.39 is 22.8 Å². The van der Waals surface area contributed by atoms with Gasteiger partial charge in [0.2, 0.25) is 5.43 Å². The molecule has 3 N–H and O–H groups in total. The van der Waals surface area contributed by atoms with Crippen LogP contribution in [0.25, 0.3) is 0 Å². The van der Waals surface area contributed by atoms with E-state index in [0.717, 1.165) is 11.6 Å². The standard InChI is InChI=1S/C27H30F2N4O4/c1-27(29)9-8-19(21(28)14-27)15-31-25(35)20-16-33-13-12-32(11-5-10-30)26(36)22(33)24(23(20)34)37-17-18-6-3-2-4-7-18/h2-4,6-8,14,16H,5,9-13,15,17,30H2,1H3,(H,31,35). The Hall–Kier alpha value is -3.79. The van der Waals surface area contributed by atoms with Crippen LogP contribution >= 0.6 is 0 Å². The van der Waals surface area contributed by atoms with Crippen LogP contribution in [0.4, 0.5) is 8.78 Å². The number of hydrogen-bond donors (Lipinski definition) is 2. The molecule has 4 rings (SSSR count). The van der Waals surface area contributed by atoms with Crippen molar-refractivity contribution in [1.82, 2.24) is 14.8 Å². The summed E-state index contributed by atoms with van der Waals surface area (Å²) in [6.45, 7) is 2.67. The van der Waals surface area contributed by atoms with E-state index in [4.69, 9.17) is 10.5 Å². The van der Waals surface area contributed by atoms with E-state index in [2.05, 4.69) is 5.32 Å². The van der Waals surface area contributed by atoms with Crippen molar-refractivity contribution < 1.29 is 23.1 Å². The number of nitrogens with one attached hydrogen (secondary N) is 1. The summed E-state index contributed by atoms with van der Waals surface area (Å²) in [6, 6.07) is 9.13. The Morgan fingerprint density at radius 2 is 1.97 bits per heavy atom. The molecule has 1 aromatic carbocycles. The maximum atomic E-state index is 14.3. The summed E-state index contributed by atoms with van der Waals surface area (Å²) in [5.41, 5.74) is 3.83. The molecule has 0 fully saturated rings. The first kappa shape index (κ1) is 26.3. The van der Waals surface area contributed by atoms with Gasteiger partial charge in [0.05, 0.1) is 0 Å². The van der Waals surface area contributed by atoms with Crippen molar-refractivity contribution in [3.05, 3.63) is 87.1 Å². The first-order valence-corrected chi connectivity index (χ1v) is 12.2. The number of allylic oxidation sites excluding steroid dienone is 2. The second kappa shape index (κ2) is 11.1. The van der Waals surface area contributed by atoms with Crippen molar-refractivity contribution in [3.8, 4) is 5.75 Å². The Morgan fingerprint density at radius 1 is 1.22 bits per heavy atom. The number of halogens is 2.